The molecule has 29 heavy (non-hydrogen) atoms. The van der Waals surface area contributed by atoms with Crippen molar-refractivity contribution in [3.63, 3.8) is 0 Å². The molecule has 0 atom stereocenters. The number of aryl methyl sites for hydroxylation is 1. The second kappa shape index (κ2) is 7.98. The number of benzene rings is 2. The topological polar surface area (TPSA) is 37.2 Å². The lowest BCUT2D eigenvalue weighted by molar-refractivity contribution is 0.258. The molecule has 2 aliphatic rings. The number of piperazine rings is 1. The average molecular weight is 428 g/mol. The molecule has 1 saturated heterocycles. The monoisotopic (exact) mass is 427 g/mol. The molecular formula is C22H23Cl2N5. The van der Waals surface area contributed by atoms with E-state index >= 15 is 0 Å². The van der Waals surface area contributed by atoms with Crippen molar-refractivity contribution in [1.82, 2.24) is 19.7 Å². The molecule has 0 N–H and O–H groups in total. The predicted molar refractivity (Wildman–Crippen MR) is 118 cm³/mol. The van der Waals surface area contributed by atoms with Gasteiger partial charge in [0.15, 0.2) is 5.82 Å². The maximum Gasteiger partial charge on any atom is 0.164 e. The molecule has 2 aromatic carbocycles. The minimum absolute atomic E-state index is 0.749. The number of hydrogen-bond acceptors (Lipinski definition) is 4. The fourth-order valence-electron chi connectivity index (χ4n) is 4.32. The lowest BCUT2D eigenvalue weighted by atomic mass is 10.0. The van der Waals surface area contributed by atoms with E-state index in [0.717, 1.165) is 79.4 Å². The molecule has 1 fully saturated rings. The van der Waals surface area contributed by atoms with Gasteiger partial charge in [-0.2, -0.15) is 0 Å². The minimum atomic E-state index is 0.749. The lowest BCUT2D eigenvalue weighted by Gasteiger charge is -2.36. The fraction of sp³-hybridized carbons (Fsp3) is 0.364. The van der Waals surface area contributed by atoms with Crippen LogP contribution in [0.4, 0.5) is 5.69 Å². The molecule has 7 heteroatoms. The van der Waals surface area contributed by atoms with Crippen LogP contribution in [0, 0.1) is 0 Å². The zero-order valence-electron chi connectivity index (χ0n) is 16.2. The first-order chi connectivity index (χ1) is 14.2. The van der Waals surface area contributed by atoms with Gasteiger partial charge in [0.2, 0.25) is 0 Å². The van der Waals surface area contributed by atoms with Gasteiger partial charge in [-0.05, 0) is 42.3 Å². The van der Waals surface area contributed by atoms with Crippen molar-refractivity contribution in [3.05, 3.63) is 63.9 Å². The molecule has 0 saturated carbocycles. The Morgan fingerprint density at radius 2 is 1.69 bits per heavy atom. The first-order valence-corrected chi connectivity index (χ1v) is 10.9. The Morgan fingerprint density at radius 1 is 0.862 bits per heavy atom. The Kier molecular flexibility index (Phi) is 5.20. The first-order valence-electron chi connectivity index (χ1n) is 10.1. The maximum atomic E-state index is 6.20. The zero-order chi connectivity index (χ0) is 19.8. The van der Waals surface area contributed by atoms with Crippen molar-refractivity contribution in [2.45, 2.75) is 19.4 Å². The summed E-state index contributed by atoms with van der Waals surface area (Å²) in [7, 11) is 0. The van der Waals surface area contributed by atoms with E-state index in [1.807, 2.05) is 30.3 Å². The molecule has 0 amide bonds. The van der Waals surface area contributed by atoms with E-state index in [0.29, 0.717) is 0 Å². The number of anilines is 1. The van der Waals surface area contributed by atoms with Gasteiger partial charge in [0.25, 0.3) is 0 Å². The van der Waals surface area contributed by atoms with Crippen molar-refractivity contribution in [3.8, 4) is 11.4 Å². The number of fused-ring (bicyclic) bond motifs is 3. The smallest absolute Gasteiger partial charge is 0.164 e. The average Bonchev–Trinajstić information content (AvgIpc) is 3.16. The summed E-state index contributed by atoms with van der Waals surface area (Å²) in [6.07, 6.45) is 1.92. The molecule has 0 radical (unpaired) electrons. The molecule has 3 aromatic rings. The van der Waals surface area contributed by atoms with Crippen molar-refractivity contribution in [2.75, 3.05) is 37.6 Å². The third-order valence-corrected chi connectivity index (χ3v) is 6.41. The van der Waals surface area contributed by atoms with Crippen LogP contribution in [0.1, 0.15) is 11.4 Å². The molecule has 150 valence electrons. The van der Waals surface area contributed by atoms with Gasteiger partial charge in [-0.3, -0.25) is 4.90 Å². The number of nitrogens with zero attached hydrogens (tertiary/aromatic N) is 5. The highest BCUT2D eigenvalue weighted by Gasteiger charge is 2.23. The molecule has 1 aromatic heterocycles. The van der Waals surface area contributed by atoms with E-state index in [2.05, 4.69) is 36.7 Å². The van der Waals surface area contributed by atoms with Crippen LogP contribution in [-0.4, -0.2) is 52.4 Å². The third kappa shape index (κ3) is 3.87. The number of halogens is 2. The van der Waals surface area contributed by atoms with Gasteiger partial charge in [0, 0.05) is 67.0 Å². The molecule has 5 nitrogen and oxygen atoms in total. The number of hydrogen-bond donors (Lipinski definition) is 0. The van der Waals surface area contributed by atoms with Crippen molar-refractivity contribution >= 4 is 28.9 Å². The lowest BCUT2D eigenvalue weighted by Crippen LogP contribution is -2.47. The molecule has 0 spiro atoms. The van der Waals surface area contributed by atoms with Crippen LogP contribution in [0.5, 0.6) is 0 Å². The second-order valence-electron chi connectivity index (χ2n) is 7.70. The normalized spacial score (nSPS) is 16.6. The van der Waals surface area contributed by atoms with E-state index in [-0.39, 0.29) is 0 Å². The Labute approximate surface area is 180 Å². The van der Waals surface area contributed by atoms with Crippen LogP contribution in [0.25, 0.3) is 11.4 Å². The van der Waals surface area contributed by atoms with E-state index in [4.69, 9.17) is 23.2 Å². The summed E-state index contributed by atoms with van der Waals surface area (Å²) < 4.78 is 2.26. The van der Waals surface area contributed by atoms with Gasteiger partial charge >= 0.3 is 0 Å². The summed E-state index contributed by atoms with van der Waals surface area (Å²) in [4.78, 5) is 4.91. The summed E-state index contributed by atoms with van der Waals surface area (Å²) in [5.41, 5.74) is 3.64. The van der Waals surface area contributed by atoms with E-state index in [1.54, 1.807) is 0 Å². The quantitative estimate of drug-likeness (QED) is 0.625. The summed E-state index contributed by atoms with van der Waals surface area (Å²) in [5.74, 6) is 2.03. The van der Waals surface area contributed by atoms with Crippen LogP contribution in [-0.2, 0) is 19.4 Å². The van der Waals surface area contributed by atoms with Gasteiger partial charge in [0.1, 0.15) is 5.82 Å². The standard InChI is InChI=1S/C22H23Cl2N5/c23-17-2-1-3-19(14-17)28-12-10-27(11-13-28)8-7-21-25-26-22-20-15-18(24)5-4-16(20)6-9-29(21)22/h1-5,14-15H,6-13H2. The SMILES string of the molecule is Clc1cccc(N2CCN(CCc3nnc4n3CCc3ccc(Cl)cc3-4)CC2)c1. The van der Waals surface area contributed by atoms with Crippen LogP contribution in [0.3, 0.4) is 0 Å². The van der Waals surface area contributed by atoms with Gasteiger partial charge in [-0.15, -0.1) is 10.2 Å². The first kappa shape index (κ1) is 18.9. The van der Waals surface area contributed by atoms with Gasteiger partial charge < -0.3 is 9.47 Å². The Balaban J connectivity index is 1.22. The second-order valence-corrected chi connectivity index (χ2v) is 8.57. The van der Waals surface area contributed by atoms with Crippen molar-refractivity contribution in [2.24, 2.45) is 0 Å². The highest BCUT2D eigenvalue weighted by molar-refractivity contribution is 6.31. The Hall–Kier alpha value is -2.08. The van der Waals surface area contributed by atoms with E-state index in [9.17, 15) is 0 Å². The minimum Gasteiger partial charge on any atom is -0.369 e. The third-order valence-electron chi connectivity index (χ3n) is 5.94. The summed E-state index contributed by atoms with van der Waals surface area (Å²) in [6, 6.07) is 14.2. The molecule has 0 aliphatic carbocycles. The summed E-state index contributed by atoms with van der Waals surface area (Å²) >= 11 is 12.3. The summed E-state index contributed by atoms with van der Waals surface area (Å²) in [5, 5.41) is 10.5. The highest BCUT2D eigenvalue weighted by Crippen LogP contribution is 2.31. The largest absolute Gasteiger partial charge is 0.369 e. The van der Waals surface area contributed by atoms with Crippen LogP contribution >= 0.6 is 23.2 Å². The molecule has 0 bridgehead atoms. The van der Waals surface area contributed by atoms with E-state index in [1.165, 1.54) is 11.3 Å². The molecule has 5 rings (SSSR count). The van der Waals surface area contributed by atoms with Crippen LogP contribution in [0.2, 0.25) is 10.0 Å². The van der Waals surface area contributed by atoms with Crippen LogP contribution < -0.4 is 4.90 Å². The molecular weight excluding hydrogens is 405 g/mol. The van der Waals surface area contributed by atoms with Gasteiger partial charge in [-0.1, -0.05) is 35.3 Å². The molecule has 0 unspecified atom stereocenters. The predicted octanol–water partition coefficient (Wildman–Crippen LogP) is 4.17. The fourth-order valence-corrected chi connectivity index (χ4v) is 4.68. The number of rotatable bonds is 4. The maximum absolute atomic E-state index is 6.20. The van der Waals surface area contributed by atoms with E-state index < -0.39 is 0 Å². The Morgan fingerprint density at radius 3 is 2.52 bits per heavy atom. The van der Waals surface area contributed by atoms with Crippen LogP contribution in [0.15, 0.2) is 42.5 Å². The van der Waals surface area contributed by atoms with Gasteiger partial charge in [0.05, 0.1) is 0 Å². The van der Waals surface area contributed by atoms with Gasteiger partial charge in [-0.25, -0.2) is 0 Å². The number of aromatic nitrogens is 3. The molecule has 2 aliphatic heterocycles. The molecule has 3 heterocycles. The van der Waals surface area contributed by atoms with Crippen molar-refractivity contribution in [1.29, 1.82) is 0 Å². The summed E-state index contributed by atoms with van der Waals surface area (Å²) in [6.45, 7) is 6.07. The van der Waals surface area contributed by atoms with Crippen molar-refractivity contribution < 1.29 is 0 Å². The highest BCUT2D eigenvalue weighted by atomic mass is 35.5. The zero-order valence-corrected chi connectivity index (χ0v) is 17.7. The Bertz CT molecular complexity index is 1020.